The number of likely N-dealkylation sites (tertiary alicyclic amines) is 1. The van der Waals surface area contributed by atoms with Crippen LogP contribution in [-0.2, 0) is 16.0 Å². The third kappa shape index (κ3) is 6.74. The highest BCUT2D eigenvalue weighted by Crippen LogP contribution is 2.43. The van der Waals surface area contributed by atoms with Crippen LogP contribution >= 0.6 is 11.6 Å². The second-order valence-corrected chi connectivity index (χ2v) is 10.4. The first kappa shape index (κ1) is 28.9. The summed E-state index contributed by atoms with van der Waals surface area (Å²) in [6.45, 7) is 4.03. The number of hydrogen-bond donors (Lipinski definition) is 3. The van der Waals surface area contributed by atoms with Gasteiger partial charge in [-0.25, -0.2) is 9.18 Å². The molecule has 0 bridgehead atoms. The predicted octanol–water partition coefficient (Wildman–Crippen LogP) is 4.09. The predicted molar refractivity (Wildman–Crippen MR) is 136 cm³/mol. The van der Waals surface area contributed by atoms with Gasteiger partial charge in [-0.2, -0.15) is 13.2 Å². The molecule has 212 valence electrons. The number of alkyl halides is 3. The van der Waals surface area contributed by atoms with Crippen molar-refractivity contribution in [1.82, 2.24) is 4.90 Å². The summed E-state index contributed by atoms with van der Waals surface area (Å²) in [5.41, 5.74) is 2.12. The summed E-state index contributed by atoms with van der Waals surface area (Å²) in [5.74, 6) is -2.42. The molecule has 39 heavy (non-hydrogen) atoms. The van der Waals surface area contributed by atoms with E-state index in [-0.39, 0.29) is 23.4 Å². The number of aliphatic hydroxyl groups is 1. The summed E-state index contributed by atoms with van der Waals surface area (Å²) in [6, 6.07) is 10.1. The van der Waals surface area contributed by atoms with Crippen molar-refractivity contribution in [3.05, 3.63) is 52.8 Å². The first-order valence-electron chi connectivity index (χ1n) is 12.3. The third-order valence-electron chi connectivity index (χ3n) is 7.15. The van der Waals surface area contributed by atoms with Gasteiger partial charge in [-0.1, -0.05) is 11.6 Å². The van der Waals surface area contributed by atoms with Gasteiger partial charge in [-0.05, 0) is 42.0 Å². The van der Waals surface area contributed by atoms with Gasteiger partial charge in [0.05, 0.1) is 23.5 Å². The fourth-order valence-corrected chi connectivity index (χ4v) is 5.53. The second-order valence-electron chi connectivity index (χ2n) is 9.94. The number of carboxylic acids is 1. The molecule has 0 aliphatic carbocycles. The number of carbonyl (C=O) groups is 2. The molecule has 2 aromatic rings. The summed E-state index contributed by atoms with van der Waals surface area (Å²) in [7, 11) is 0. The fourth-order valence-electron chi connectivity index (χ4n) is 5.33. The Morgan fingerprint density at radius 3 is 2.41 bits per heavy atom. The number of halogens is 5. The van der Waals surface area contributed by atoms with E-state index in [1.165, 1.54) is 19.1 Å². The zero-order valence-corrected chi connectivity index (χ0v) is 21.7. The summed E-state index contributed by atoms with van der Waals surface area (Å²) in [4.78, 5) is 24.7. The number of rotatable bonds is 3. The normalized spacial score (nSPS) is 22.1. The van der Waals surface area contributed by atoms with Crippen molar-refractivity contribution in [3.8, 4) is 5.75 Å². The minimum Gasteiger partial charge on any atom is -0.487 e. The quantitative estimate of drug-likeness (QED) is 0.475. The number of piperidine rings is 1. The number of amides is 1. The highest BCUT2D eigenvalue weighted by molar-refractivity contribution is 6.30. The molecule has 0 saturated carbocycles. The van der Waals surface area contributed by atoms with Crippen LogP contribution in [-0.4, -0.2) is 77.1 Å². The van der Waals surface area contributed by atoms with Crippen molar-refractivity contribution >= 4 is 34.9 Å². The zero-order chi connectivity index (χ0) is 28.5. The minimum atomic E-state index is -5.08. The maximum absolute atomic E-state index is 14.0. The standard InChI is InChI=1S/C24H27ClFN3O3.C2HF3O2/c1-15(30)27-19-4-3-18(26)11-20(19)29-13-21(22(31)14-29)28-8-6-24(7-9-28)12-16-10-17(25)2-5-23(16)32-24;3-2(4,5)1(6)7/h2-5,10-11,21-22,31H,6-9,12-14H2,1H3,(H,27,30);(H,6,7)/t21?,22-;/m1./s1. The summed E-state index contributed by atoms with van der Waals surface area (Å²) < 4.78 is 52.0. The lowest BCUT2D eigenvalue weighted by Crippen LogP contribution is -2.53. The molecule has 0 aromatic heterocycles. The number of carboxylic acid groups (broad SMARTS) is 1. The van der Waals surface area contributed by atoms with Gasteiger partial charge in [-0.3, -0.25) is 9.69 Å². The highest BCUT2D eigenvalue weighted by atomic mass is 35.5. The Kier molecular flexibility index (Phi) is 8.29. The van der Waals surface area contributed by atoms with Gasteiger partial charge >= 0.3 is 12.1 Å². The molecule has 1 amide bonds. The summed E-state index contributed by atoms with van der Waals surface area (Å²) in [5, 5.41) is 21.5. The monoisotopic (exact) mass is 573 g/mol. The van der Waals surface area contributed by atoms with Crippen LogP contribution in [0.5, 0.6) is 5.75 Å². The lowest BCUT2D eigenvalue weighted by Gasteiger charge is -2.41. The second kappa shape index (κ2) is 11.2. The van der Waals surface area contributed by atoms with Crippen LogP contribution in [0.25, 0.3) is 0 Å². The molecular formula is C26H28ClF4N3O5. The van der Waals surface area contributed by atoms with Crippen molar-refractivity contribution < 1.29 is 42.1 Å². The average Bonchev–Trinajstić information content (AvgIpc) is 3.40. The Balaban J connectivity index is 0.000000448. The minimum absolute atomic E-state index is 0.0565. The molecule has 0 radical (unpaired) electrons. The maximum Gasteiger partial charge on any atom is 0.490 e. The van der Waals surface area contributed by atoms with Gasteiger partial charge in [-0.15, -0.1) is 0 Å². The largest absolute Gasteiger partial charge is 0.490 e. The molecule has 3 heterocycles. The Hall–Kier alpha value is -3.09. The van der Waals surface area contributed by atoms with Crippen molar-refractivity contribution in [2.24, 2.45) is 0 Å². The molecule has 2 aromatic carbocycles. The topological polar surface area (TPSA) is 102 Å². The van der Waals surface area contributed by atoms with Gasteiger partial charge in [0.15, 0.2) is 0 Å². The summed E-state index contributed by atoms with van der Waals surface area (Å²) in [6.07, 6.45) is -3.03. The number of aliphatic carboxylic acids is 1. The number of carbonyl (C=O) groups excluding carboxylic acids is 1. The number of anilines is 2. The Morgan fingerprint density at radius 2 is 1.79 bits per heavy atom. The van der Waals surface area contributed by atoms with E-state index in [4.69, 9.17) is 26.2 Å². The van der Waals surface area contributed by atoms with Gasteiger partial charge in [0, 0.05) is 57.4 Å². The molecule has 5 rings (SSSR count). The molecule has 3 aliphatic heterocycles. The molecule has 1 spiro atoms. The van der Waals surface area contributed by atoms with Crippen LogP contribution in [0.2, 0.25) is 5.02 Å². The van der Waals surface area contributed by atoms with Crippen LogP contribution < -0.4 is 15.0 Å². The number of hydrogen-bond acceptors (Lipinski definition) is 6. The van der Waals surface area contributed by atoms with Crippen molar-refractivity contribution in [1.29, 1.82) is 0 Å². The van der Waals surface area contributed by atoms with E-state index < -0.39 is 18.2 Å². The van der Waals surface area contributed by atoms with Crippen LogP contribution in [0.3, 0.4) is 0 Å². The Labute approximate surface area is 227 Å². The number of β-amino-alcohol motifs (C(OH)–C–C–N with tert-alkyl or cyclic N) is 1. The third-order valence-corrected chi connectivity index (χ3v) is 7.39. The van der Waals surface area contributed by atoms with E-state index in [2.05, 4.69) is 10.2 Å². The zero-order valence-electron chi connectivity index (χ0n) is 21.0. The van der Waals surface area contributed by atoms with E-state index in [0.717, 1.165) is 48.7 Å². The molecule has 2 saturated heterocycles. The number of fused-ring (bicyclic) bond motifs is 1. The molecule has 2 atom stereocenters. The smallest absolute Gasteiger partial charge is 0.487 e. The first-order chi connectivity index (χ1) is 18.3. The van der Waals surface area contributed by atoms with Gasteiger partial charge in [0.2, 0.25) is 5.91 Å². The van der Waals surface area contributed by atoms with Gasteiger partial charge in [0.1, 0.15) is 17.2 Å². The number of nitrogens with zero attached hydrogens (tertiary/aromatic N) is 2. The van der Waals surface area contributed by atoms with Crippen molar-refractivity contribution in [2.45, 2.75) is 50.1 Å². The number of benzene rings is 2. The highest BCUT2D eigenvalue weighted by Gasteiger charge is 2.45. The van der Waals surface area contributed by atoms with Crippen LogP contribution in [0, 0.1) is 5.82 Å². The van der Waals surface area contributed by atoms with Gasteiger partial charge < -0.3 is 25.2 Å². The number of ether oxygens (including phenoxy) is 1. The molecule has 3 N–H and O–H groups in total. The molecule has 2 fully saturated rings. The fraction of sp³-hybridized carbons (Fsp3) is 0.462. The number of nitrogens with one attached hydrogen (secondary N) is 1. The van der Waals surface area contributed by atoms with E-state index in [0.29, 0.717) is 24.5 Å². The Bertz CT molecular complexity index is 1240. The molecule has 8 nitrogen and oxygen atoms in total. The molecule has 13 heteroatoms. The van der Waals surface area contributed by atoms with E-state index >= 15 is 0 Å². The van der Waals surface area contributed by atoms with Crippen molar-refractivity contribution in [2.75, 3.05) is 36.4 Å². The molecule has 3 aliphatic rings. The van der Waals surface area contributed by atoms with E-state index in [1.807, 2.05) is 23.1 Å². The first-order valence-corrected chi connectivity index (χ1v) is 12.7. The van der Waals surface area contributed by atoms with Gasteiger partial charge in [0.25, 0.3) is 0 Å². The molecular weight excluding hydrogens is 546 g/mol. The lowest BCUT2D eigenvalue weighted by molar-refractivity contribution is -0.192. The Morgan fingerprint density at radius 1 is 1.13 bits per heavy atom. The van der Waals surface area contributed by atoms with Crippen LogP contribution in [0.15, 0.2) is 36.4 Å². The van der Waals surface area contributed by atoms with Crippen LogP contribution in [0.4, 0.5) is 28.9 Å². The average molecular weight is 574 g/mol. The van der Waals surface area contributed by atoms with E-state index in [1.54, 1.807) is 6.07 Å². The SMILES string of the molecule is CC(=O)Nc1ccc(F)cc1N1CC(N2CCC3(CC2)Cc2cc(Cl)ccc2O3)[C@H](O)C1.O=C(O)C(F)(F)F. The molecule has 1 unspecified atom stereocenters. The lowest BCUT2D eigenvalue weighted by atomic mass is 9.86. The van der Waals surface area contributed by atoms with E-state index in [9.17, 15) is 27.5 Å². The number of aliphatic hydroxyl groups excluding tert-OH is 1. The maximum atomic E-state index is 14.0. The summed E-state index contributed by atoms with van der Waals surface area (Å²) >= 11 is 6.15. The van der Waals surface area contributed by atoms with Crippen LogP contribution in [0.1, 0.15) is 25.3 Å². The van der Waals surface area contributed by atoms with Crippen molar-refractivity contribution in [3.63, 3.8) is 0 Å².